The van der Waals surface area contributed by atoms with Gasteiger partial charge in [-0.25, -0.2) is 0 Å². The molecule has 1 N–H and O–H groups in total. The van der Waals surface area contributed by atoms with E-state index in [0.717, 1.165) is 9.92 Å². The third-order valence-electron chi connectivity index (χ3n) is 4.66. The number of carbonyl (C=O) groups is 1. The van der Waals surface area contributed by atoms with Gasteiger partial charge in [0.15, 0.2) is 5.84 Å². The second-order valence-corrected chi connectivity index (χ2v) is 8.85. The van der Waals surface area contributed by atoms with Gasteiger partial charge in [-0.2, -0.15) is 15.1 Å². The number of hydrogen-bond donors (Lipinski definition) is 1. The summed E-state index contributed by atoms with van der Waals surface area (Å²) in [5, 5.41) is 28.4. The van der Waals surface area contributed by atoms with Crippen molar-refractivity contribution < 1.29 is 14.1 Å². The second-order valence-electron chi connectivity index (χ2n) is 6.78. The summed E-state index contributed by atoms with van der Waals surface area (Å²) < 4.78 is 5.75. The van der Waals surface area contributed by atoms with Crippen LogP contribution in [0.3, 0.4) is 0 Å². The van der Waals surface area contributed by atoms with Gasteiger partial charge < -0.3 is 4.42 Å². The first-order valence-corrected chi connectivity index (χ1v) is 11.0. The molecule has 158 valence electrons. The quantitative estimate of drug-likeness (QED) is 0.330. The number of nitrogens with one attached hydrogen (secondary N) is 1. The molecule has 0 radical (unpaired) electrons. The fourth-order valence-corrected chi connectivity index (χ4v) is 4.87. The zero-order valence-corrected chi connectivity index (χ0v) is 17.9. The predicted octanol–water partition coefficient (Wildman–Crippen LogP) is 4.78. The molecule has 0 bridgehead atoms. The number of carbonyl (C=O) groups excluding carboxylic acids is 1. The standard InChI is InChI=1S/C21H13N5O4S2/c22-19-16(10-14-6-7-17(30-14)12-3-1-4-13(9-12)26(28)29)20(27)23-21-25(19)24-18(32-21)11-15-5-2-8-31-15/h1-10,22H,11H2/b16-10-,22-19?. The average molecular weight is 464 g/mol. The largest absolute Gasteiger partial charge is 0.457 e. The van der Waals surface area contributed by atoms with Crippen molar-refractivity contribution in [3.05, 3.63) is 80.2 Å². The van der Waals surface area contributed by atoms with Crippen molar-refractivity contribution in [2.45, 2.75) is 6.42 Å². The molecule has 4 heterocycles. The number of nitro groups is 1. The van der Waals surface area contributed by atoms with Crippen molar-refractivity contribution in [2.24, 2.45) is 10.1 Å². The first-order chi connectivity index (χ1) is 15.5. The van der Waals surface area contributed by atoms with Gasteiger partial charge in [-0.1, -0.05) is 18.2 Å². The molecule has 0 aliphatic carbocycles. The van der Waals surface area contributed by atoms with Crippen LogP contribution < -0.4 is 0 Å². The monoisotopic (exact) mass is 463 g/mol. The third-order valence-corrected chi connectivity index (χ3v) is 6.44. The normalized spacial score (nSPS) is 16.9. The summed E-state index contributed by atoms with van der Waals surface area (Å²) in [6, 6.07) is 13.3. The summed E-state index contributed by atoms with van der Waals surface area (Å²) in [6.07, 6.45) is 2.05. The van der Waals surface area contributed by atoms with Crippen LogP contribution in [0.15, 0.2) is 74.0 Å². The second kappa shape index (κ2) is 8.02. The minimum atomic E-state index is -0.547. The molecule has 0 atom stereocenters. The molecular formula is C21H13N5O4S2. The highest BCUT2D eigenvalue weighted by Crippen LogP contribution is 2.31. The van der Waals surface area contributed by atoms with E-state index in [1.54, 1.807) is 35.6 Å². The van der Waals surface area contributed by atoms with Crippen LogP contribution in [0.4, 0.5) is 5.69 Å². The highest BCUT2D eigenvalue weighted by molar-refractivity contribution is 8.27. The van der Waals surface area contributed by atoms with E-state index in [1.807, 2.05) is 17.5 Å². The smallest absolute Gasteiger partial charge is 0.283 e. The lowest BCUT2D eigenvalue weighted by Crippen LogP contribution is -2.35. The van der Waals surface area contributed by atoms with Gasteiger partial charge in [-0.05, 0) is 41.4 Å². The zero-order chi connectivity index (χ0) is 22.2. The molecule has 9 nitrogen and oxygen atoms in total. The highest BCUT2D eigenvalue weighted by atomic mass is 32.2. The Balaban J connectivity index is 1.40. The zero-order valence-electron chi connectivity index (χ0n) is 16.2. The number of fused-ring (bicyclic) bond motifs is 1. The summed E-state index contributed by atoms with van der Waals surface area (Å²) in [7, 11) is 0. The molecule has 1 aromatic carbocycles. The van der Waals surface area contributed by atoms with Crippen LogP contribution >= 0.6 is 23.1 Å². The fourth-order valence-electron chi connectivity index (χ4n) is 3.17. The lowest BCUT2D eigenvalue weighted by molar-refractivity contribution is -0.384. The minimum absolute atomic E-state index is 0.0485. The van der Waals surface area contributed by atoms with Crippen LogP contribution in [0.2, 0.25) is 0 Å². The Morgan fingerprint density at radius 2 is 2.09 bits per heavy atom. The molecule has 0 saturated carbocycles. The fraction of sp³-hybridized carbons (Fsp3) is 0.0476. The number of rotatable bonds is 5. The molecule has 32 heavy (non-hydrogen) atoms. The van der Waals surface area contributed by atoms with E-state index in [9.17, 15) is 14.9 Å². The number of hydrazone groups is 1. The molecule has 0 fully saturated rings. The van der Waals surface area contributed by atoms with Crippen LogP contribution in [-0.2, 0) is 11.2 Å². The molecule has 0 unspecified atom stereocenters. The van der Waals surface area contributed by atoms with E-state index in [4.69, 9.17) is 9.83 Å². The molecule has 5 rings (SSSR count). The summed E-state index contributed by atoms with van der Waals surface area (Å²) in [6.45, 7) is 0. The number of thioether (sulfide) groups is 1. The number of furan rings is 1. The number of thiophene rings is 1. The van der Waals surface area contributed by atoms with Crippen molar-refractivity contribution in [3.8, 4) is 11.3 Å². The summed E-state index contributed by atoms with van der Waals surface area (Å²) in [5.74, 6) is 0.108. The lowest BCUT2D eigenvalue weighted by atomic mass is 10.1. The van der Waals surface area contributed by atoms with E-state index in [-0.39, 0.29) is 17.1 Å². The Labute approximate surface area is 189 Å². The number of aliphatic imine (C=N–C) groups is 1. The first kappa shape index (κ1) is 20.1. The summed E-state index contributed by atoms with van der Waals surface area (Å²) >= 11 is 2.89. The van der Waals surface area contributed by atoms with Gasteiger partial charge in [0, 0.05) is 29.0 Å². The number of benzene rings is 1. The Hall–Kier alpha value is -3.83. The maximum atomic E-state index is 12.6. The summed E-state index contributed by atoms with van der Waals surface area (Å²) in [4.78, 5) is 28.3. The van der Waals surface area contributed by atoms with E-state index in [2.05, 4.69) is 10.1 Å². The van der Waals surface area contributed by atoms with Crippen LogP contribution in [0.25, 0.3) is 17.4 Å². The Kier molecular flexibility index (Phi) is 5.04. The predicted molar refractivity (Wildman–Crippen MR) is 124 cm³/mol. The minimum Gasteiger partial charge on any atom is -0.457 e. The lowest BCUT2D eigenvalue weighted by Gasteiger charge is -2.19. The SMILES string of the molecule is N=C1/C(=C/c2ccc(-c3cccc([N+](=O)[O-])c3)o2)C(=O)N=C2SC(Cc3cccs3)=NN12. The van der Waals surface area contributed by atoms with Crippen molar-refractivity contribution in [1.29, 1.82) is 5.41 Å². The topological polar surface area (TPSA) is 125 Å². The molecule has 0 saturated heterocycles. The molecule has 1 amide bonds. The van der Waals surface area contributed by atoms with Gasteiger partial charge in [0.2, 0.25) is 5.17 Å². The highest BCUT2D eigenvalue weighted by Gasteiger charge is 2.35. The average Bonchev–Trinajstić information content (AvgIpc) is 3.53. The molecule has 11 heteroatoms. The van der Waals surface area contributed by atoms with E-state index in [1.165, 1.54) is 35.0 Å². The van der Waals surface area contributed by atoms with Crippen LogP contribution in [-0.4, -0.2) is 31.9 Å². The van der Waals surface area contributed by atoms with Crippen LogP contribution in [0.1, 0.15) is 10.6 Å². The maximum absolute atomic E-state index is 12.6. The summed E-state index contributed by atoms with van der Waals surface area (Å²) in [5.41, 5.74) is 0.538. The van der Waals surface area contributed by atoms with Crippen LogP contribution in [0, 0.1) is 15.5 Å². The molecule has 2 aromatic heterocycles. The molecule has 2 aliphatic rings. The van der Waals surface area contributed by atoms with Gasteiger partial charge in [0.25, 0.3) is 11.6 Å². The van der Waals surface area contributed by atoms with Crippen molar-refractivity contribution in [2.75, 3.05) is 0 Å². The molecule has 2 aliphatic heterocycles. The van der Waals surface area contributed by atoms with E-state index < -0.39 is 10.8 Å². The van der Waals surface area contributed by atoms with Crippen molar-refractivity contribution in [1.82, 2.24) is 5.01 Å². The maximum Gasteiger partial charge on any atom is 0.283 e. The number of hydrogen-bond acceptors (Lipinski definition) is 8. The van der Waals surface area contributed by atoms with Crippen LogP contribution in [0.5, 0.6) is 0 Å². The van der Waals surface area contributed by atoms with Gasteiger partial charge in [-0.15, -0.1) is 11.3 Å². The van der Waals surface area contributed by atoms with E-state index in [0.29, 0.717) is 28.7 Å². The first-order valence-electron chi connectivity index (χ1n) is 9.34. The van der Waals surface area contributed by atoms with Gasteiger partial charge in [0.05, 0.1) is 10.5 Å². The third kappa shape index (κ3) is 3.79. The molecule has 3 aromatic rings. The number of amides is 1. The van der Waals surface area contributed by atoms with E-state index >= 15 is 0 Å². The Morgan fingerprint density at radius 3 is 2.88 bits per heavy atom. The number of nitro benzene ring substituents is 1. The number of non-ortho nitro benzene ring substituents is 1. The molecule has 0 spiro atoms. The van der Waals surface area contributed by atoms with Crippen molar-refractivity contribution in [3.63, 3.8) is 0 Å². The Bertz CT molecular complexity index is 1350. The number of amidine groups is 2. The van der Waals surface area contributed by atoms with Gasteiger partial charge in [-0.3, -0.25) is 20.3 Å². The van der Waals surface area contributed by atoms with Gasteiger partial charge >= 0.3 is 0 Å². The van der Waals surface area contributed by atoms with Gasteiger partial charge in [0.1, 0.15) is 16.6 Å². The van der Waals surface area contributed by atoms with Crippen molar-refractivity contribution >= 4 is 56.8 Å². The molecular weight excluding hydrogens is 450 g/mol. The Morgan fingerprint density at radius 1 is 1.22 bits per heavy atom. The number of nitrogens with zero attached hydrogens (tertiary/aromatic N) is 4.